The first-order valence-electron chi connectivity index (χ1n) is 8.12. The highest BCUT2D eigenvalue weighted by atomic mass is 35.5. The maximum atomic E-state index is 12.5. The molecule has 1 amide bonds. The lowest BCUT2D eigenvalue weighted by molar-refractivity contribution is 0.0480. The molecule has 1 N–H and O–H groups in total. The number of carbonyl (C=O) groups excluding carboxylic acids is 1. The minimum atomic E-state index is -0.257. The molecule has 0 saturated carbocycles. The lowest BCUT2D eigenvalue weighted by Gasteiger charge is -2.27. The average molecular weight is 347 g/mol. The quantitative estimate of drug-likeness (QED) is 0.741. The molecule has 0 fully saturated rings. The van der Waals surface area contributed by atoms with Crippen LogP contribution in [0.3, 0.4) is 0 Å². The number of hydrogen-bond acceptors (Lipinski definition) is 3. The van der Waals surface area contributed by atoms with Crippen molar-refractivity contribution in [1.82, 2.24) is 4.90 Å². The summed E-state index contributed by atoms with van der Waals surface area (Å²) in [5.74, 6) is 0.254. The van der Waals surface area contributed by atoms with Crippen LogP contribution in [0.4, 0.5) is 5.69 Å². The van der Waals surface area contributed by atoms with E-state index in [1.807, 2.05) is 37.3 Å². The Labute approximate surface area is 148 Å². The molecule has 24 heavy (non-hydrogen) atoms. The van der Waals surface area contributed by atoms with Crippen LogP contribution in [0.5, 0.6) is 5.75 Å². The largest absolute Gasteiger partial charge is 0.474 e. The molecule has 2 rings (SSSR count). The Kier molecular flexibility index (Phi) is 6.64. The van der Waals surface area contributed by atoms with Crippen molar-refractivity contribution in [3.63, 3.8) is 0 Å². The molecule has 4 nitrogen and oxygen atoms in total. The zero-order chi connectivity index (χ0) is 17.5. The monoisotopic (exact) mass is 346 g/mol. The minimum absolute atomic E-state index is 0.120. The van der Waals surface area contributed by atoms with Crippen LogP contribution in [0.15, 0.2) is 48.5 Å². The van der Waals surface area contributed by atoms with Crippen LogP contribution in [0, 0.1) is 0 Å². The molecule has 0 spiro atoms. The molecule has 0 aliphatic rings. The van der Waals surface area contributed by atoms with E-state index in [1.54, 1.807) is 18.2 Å². The van der Waals surface area contributed by atoms with Crippen LogP contribution in [0.1, 0.15) is 31.1 Å². The highest BCUT2D eigenvalue weighted by Gasteiger charge is 2.18. The highest BCUT2D eigenvalue weighted by molar-refractivity contribution is 6.35. The lowest BCUT2D eigenvalue weighted by atomic mass is 10.2. The number of nitrogens with zero attached hydrogens (tertiary/aromatic N) is 1. The van der Waals surface area contributed by atoms with Crippen LogP contribution in [0.25, 0.3) is 0 Å². The number of para-hydroxylation sites is 1. The number of hydrogen-bond donors (Lipinski definition) is 1. The van der Waals surface area contributed by atoms with E-state index in [1.165, 1.54) is 0 Å². The Morgan fingerprint density at radius 1 is 1.12 bits per heavy atom. The molecule has 0 heterocycles. The van der Waals surface area contributed by atoms with Gasteiger partial charge in [0.05, 0.1) is 10.6 Å². The van der Waals surface area contributed by atoms with Crippen LogP contribution in [-0.2, 0) is 0 Å². The van der Waals surface area contributed by atoms with Gasteiger partial charge in [-0.3, -0.25) is 9.69 Å². The molecule has 2 aromatic rings. The third-order valence-electron chi connectivity index (χ3n) is 3.86. The SMILES string of the molecule is CCN(CC)C(C)Oc1cccc(C(=O)Nc2ccccc2)c1Cl. The van der Waals surface area contributed by atoms with Gasteiger partial charge in [0.1, 0.15) is 12.0 Å². The molecular formula is C19H23ClN2O2. The van der Waals surface area contributed by atoms with E-state index in [0.717, 1.165) is 18.8 Å². The fourth-order valence-electron chi connectivity index (χ4n) is 2.49. The number of benzene rings is 2. The molecule has 0 bridgehead atoms. The molecule has 5 heteroatoms. The number of rotatable bonds is 7. The zero-order valence-electron chi connectivity index (χ0n) is 14.3. The van der Waals surface area contributed by atoms with E-state index in [9.17, 15) is 4.79 Å². The molecular weight excluding hydrogens is 324 g/mol. The summed E-state index contributed by atoms with van der Waals surface area (Å²) in [6.07, 6.45) is -0.120. The summed E-state index contributed by atoms with van der Waals surface area (Å²) in [7, 11) is 0. The molecule has 0 aromatic heterocycles. The Hall–Kier alpha value is -2.04. The second-order valence-electron chi connectivity index (χ2n) is 5.38. The van der Waals surface area contributed by atoms with Crippen molar-refractivity contribution in [2.24, 2.45) is 0 Å². The van der Waals surface area contributed by atoms with Gasteiger partial charge in [0, 0.05) is 5.69 Å². The fraction of sp³-hybridized carbons (Fsp3) is 0.316. The van der Waals surface area contributed by atoms with Gasteiger partial charge in [-0.1, -0.05) is 49.7 Å². The first-order valence-corrected chi connectivity index (χ1v) is 8.50. The minimum Gasteiger partial charge on any atom is -0.474 e. The van der Waals surface area contributed by atoms with Crippen LogP contribution < -0.4 is 10.1 Å². The van der Waals surface area contributed by atoms with Gasteiger partial charge in [0.25, 0.3) is 5.91 Å². The van der Waals surface area contributed by atoms with Gasteiger partial charge in [-0.15, -0.1) is 0 Å². The second-order valence-corrected chi connectivity index (χ2v) is 5.75. The van der Waals surface area contributed by atoms with Crippen molar-refractivity contribution in [3.8, 4) is 5.75 Å². The van der Waals surface area contributed by atoms with Gasteiger partial charge >= 0.3 is 0 Å². The zero-order valence-corrected chi connectivity index (χ0v) is 15.0. The molecule has 2 aromatic carbocycles. The predicted molar refractivity (Wildman–Crippen MR) is 98.9 cm³/mol. The highest BCUT2D eigenvalue weighted by Crippen LogP contribution is 2.30. The topological polar surface area (TPSA) is 41.6 Å². The van der Waals surface area contributed by atoms with Gasteiger partial charge in [0.2, 0.25) is 0 Å². The number of halogens is 1. The molecule has 0 aliphatic heterocycles. The van der Waals surface area contributed by atoms with E-state index >= 15 is 0 Å². The van der Waals surface area contributed by atoms with Gasteiger partial charge in [0.15, 0.2) is 0 Å². The maximum Gasteiger partial charge on any atom is 0.257 e. The summed E-state index contributed by atoms with van der Waals surface area (Å²) in [6, 6.07) is 14.5. The standard InChI is InChI=1S/C19H23ClN2O2/c1-4-22(5-2)14(3)24-17-13-9-12-16(18(17)20)19(23)21-15-10-7-6-8-11-15/h6-14H,4-5H2,1-3H3,(H,21,23). The predicted octanol–water partition coefficient (Wildman–Crippen LogP) is 4.66. The number of ether oxygens (including phenoxy) is 1. The van der Waals surface area contributed by atoms with Crippen LogP contribution in [0.2, 0.25) is 5.02 Å². The van der Waals surface area contributed by atoms with E-state index in [-0.39, 0.29) is 12.1 Å². The van der Waals surface area contributed by atoms with Crippen molar-refractivity contribution >= 4 is 23.2 Å². The van der Waals surface area contributed by atoms with Crippen molar-refractivity contribution in [3.05, 3.63) is 59.1 Å². The number of anilines is 1. The number of carbonyl (C=O) groups is 1. The Bertz CT molecular complexity index is 672. The Balaban J connectivity index is 2.16. The summed E-state index contributed by atoms with van der Waals surface area (Å²) in [5, 5.41) is 3.16. The molecule has 0 radical (unpaired) electrons. The van der Waals surface area contributed by atoms with Gasteiger partial charge in [-0.25, -0.2) is 0 Å². The first kappa shape index (κ1) is 18.3. The third-order valence-corrected chi connectivity index (χ3v) is 4.25. The van der Waals surface area contributed by atoms with E-state index in [0.29, 0.717) is 16.3 Å². The summed E-state index contributed by atoms with van der Waals surface area (Å²) in [4.78, 5) is 14.6. The Morgan fingerprint density at radius 2 is 1.79 bits per heavy atom. The maximum absolute atomic E-state index is 12.5. The van der Waals surface area contributed by atoms with Crippen molar-refractivity contribution in [1.29, 1.82) is 0 Å². The smallest absolute Gasteiger partial charge is 0.257 e. The molecule has 128 valence electrons. The number of nitrogens with one attached hydrogen (secondary N) is 1. The van der Waals surface area contributed by atoms with Crippen LogP contribution in [-0.4, -0.2) is 30.1 Å². The molecule has 1 atom stereocenters. The summed E-state index contributed by atoms with van der Waals surface area (Å²) in [6.45, 7) is 7.89. The van der Waals surface area contributed by atoms with Crippen LogP contribution >= 0.6 is 11.6 Å². The van der Waals surface area contributed by atoms with Gasteiger partial charge in [-0.05, 0) is 44.3 Å². The van der Waals surface area contributed by atoms with E-state index < -0.39 is 0 Å². The van der Waals surface area contributed by atoms with Crippen molar-refractivity contribution in [2.45, 2.75) is 27.0 Å². The first-order chi connectivity index (χ1) is 11.6. The molecule has 1 unspecified atom stereocenters. The van der Waals surface area contributed by atoms with Gasteiger partial charge in [-0.2, -0.15) is 0 Å². The summed E-state index contributed by atoms with van der Waals surface area (Å²) >= 11 is 6.40. The van der Waals surface area contributed by atoms with Crippen molar-refractivity contribution in [2.75, 3.05) is 18.4 Å². The van der Waals surface area contributed by atoms with Gasteiger partial charge < -0.3 is 10.1 Å². The normalized spacial score (nSPS) is 12.0. The second kappa shape index (κ2) is 8.71. The van der Waals surface area contributed by atoms with E-state index in [2.05, 4.69) is 24.1 Å². The van der Waals surface area contributed by atoms with E-state index in [4.69, 9.17) is 16.3 Å². The molecule has 0 saturated heterocycles. The molecule has 0 aliphatic carbocycles. The average Bonchev–Trinajstić information content (AvgIpc) is 2.58. The number of amides is 1. The lowest BCUT2D eigenvalue weighted by Crippen LogP contribution is -2.37. The Morgan fingerprint density at radius 3 is 2.42 bits per heavy atom. The third kappa shape index (κ3) is 4.49. The van der Waals surface area contributed by atoms with Crippen molar-refractivity contribution < 1.29 is 9.53 Å². The summed E-state index contributed by atoms with van der Waals surface area (Å²) < 4.78 is 5.94. The summed E-state index contributed by atoms with van der Waals surface area (Å²) in [5.41, 5.74) is 1.12. The fourth-order valence-corrected chi connectivity index (χ4v) is 2.75.